The summed E-state index contributed by atoms with van der Waals surface area (Å²) in [6, 6.07) is 10.1. The number of hydrogen-bond donors (Lipinski definition) is 2. The molecule has 2 heterocycles. The van der Waals surface area contributed by atoms with Crippen molar-refractivity contribution in [2.24, 2.45) is 5.92 Å². The molecular formula is C27H31NO5. The lowest BCUT2D eigenvalue weighted by molar-refractivity contribution is -0.145. The van der Waals surface area contributed by atoms with E-state index in [0.717, 1.165) is 52.3 Å². The van der Waals surface area contributed by atoms with Crippen molar-refractivity contribution in [3.8, 4) is 28.7 Å². The molecule has 0 bridgehead atoms. The summed E-state index contributed by atoms with van der Waals surface area (Å²) in [4.78, 5) is 12.1. The fourth-order valence-corrected chi connectivity index (χ4v) is 4.39. The second kappa shape index (κ2) is 9.86. The van der Waals surface area contributed by atoms with Gasteiger partial charge >= 0.3 is 5.97 Å². The molecule has 2 saturated heterocycles. The quantitative estimate of drug-likeness (QED) is 0.659. The second-order valence-corrected chi connectivity index (χ2v) is 8.84. The average molecular weight is 450 g/mol. The lowest BCUT2D eigenvalue weighted by Gasteiger charge is -2.35. The maximum atomic E-state index is 12.1. The number of aryl methyl sites for hydroxylation is 1. The Morgan fingerprint density at radius 1 is 1.15 bits per heavy atom. The Labute approximate surface area is 195 Å². The predicted octanol–water partition coefficient (Wildman–Crippen LogP) is 4.41. The fraction of sp³-hybridized carbons (Fsp3) is 0.444. The smallest absolute Gasteiger partial charge is 0.329 e. The van der Waals surface area contributed by atoms with Crippen LogP contribution in [0.4, 0.5) is 5.69 Å². The summed E-state index contributed by atoms with van der Waals surface area (Å²) in [5.74, 6) is 6.91. The molecule has 0 radical (unpaired) electrons. The lowest BCUT2D eigenvalue weighted by Crippen LogP contribution is -2.50. The molecule has 2 aromatic carbocycles. The number of carboxylic acid groups (broad SMARTS) is 1. The molecule has 2 aliphatic heterocycles. The Kier molecular flexibility index (Phi) is 6.92. The van der Waals surface area contributed by atoms with Crippen LogP contribution in [0.2, 0.25) is 0 Å². The van der Waals surface area contributed by atoms with Gasteiger partial charge in [0, 0.05) is 49.8 Å². The molecule has 174 valence electrons. The zero-order valence-electron chi connectivity index (χ0n) is 19.5. The van der Waals surface area contributed by atoms with Gasteiger partial charge in [-0.15, -0.1) is 0 Å². The number of aliphatic carboxylic acids is 1. The molecule has 0 saturated carbocycles. The molecule has 6 heteroatoms. The highest BCUT2D eigenvalue weighted by Crippen LogP contribution is 2.34. The van der Waals surface area contributed by atoms with Crippen molar-refractivity contribution in [1.82, 2.24) is 0 Å². The van der Waals surface area contributed by atoms with Crippen molar-refractivity contribution >= 4 is 11.7 Å². The standard InChI is InChI=1S/C27H31NO5/c1-18-14-22(16-25(31-3)19(18)2)24-7-6-23(15-21(24)5-4-20-8-11-33-17-20)28-27(26(29)30)9-12-32-13-10-27/h6-7,14-16,20,28H,8-13,17H2,1-3H3,(H,29,30). The van der Waals surface area contributed by atoms with Gasteiger partial charge in [-0.25, -0.2) is 4.79 Å². The van der Waals surface area contributed by atoms with Crippen LogP contribution in [0.1, 0.15) is 36.0 Å². The third kappa shape index (κ3) is 5.00. The number of anilines is 1. The van der Waals surface area contributed by atoms with Crippen molar-refractivity contribution in [3.63, 3.8) is 0 Å². The van der Waals surface area contributed by atoms with Gasteiger partial charge in [-0.3, -0.25) is 0 Å². The zero-order chi connectivity index (χ0) is 23.4. The first kappa shape index (κ1) is 23.2. The molecule has 2 N–H and O–H groups in total. The Bertz CT molecular complexity index is 1090. The summed E-state index contributed by atoms with van der Waals surface area (Å²) in [7, 11) is 1.68. The number of nitrogens with one attached hydrogen (secondary N) is 1. The van der Waals surface area contributed by atoms with Crippen molar-refractivity contribution in [2.75, 3.05) is 38.9 Å². The summed E-state index contributed by atoms with van der Waals surface area (Å²) >= 11 is 0. The number of hydrogen-bond acceptors (Lipinski definition) is 5. The van der Waals surface area contributed by atoms with Crippen LogP contribution in [0.15, 0.2) is 30.3 Å². The average Bonchev–Trinajstić information content (AvgIpc) is 3.34. The van der Waals surface area contributed by atoms with Gasteiger partial charge in [-0.05, 0) is 60.7 Å². The second-order valence-electron chi connectivity index (χ2n) is 8.84. The third-order valence-electron chi connectivity index (χ3n) is 6.65. The molecule has 33 heavy (non-hydrogen) atoms. The van der Waals surface area contributed by atoms with Crippen LogP contribution >= 0.6 is 0 Å². The Hall–Kier alpha value is -3.01. The minimum Gasteiger partial charge on any atom is -0.496 e. The van der Waals surface area contributed by atoms with Crippen LogP contribution in [0, 0.1) is 31.6 Å². The first-order chi connectivity index (χ1) is 15.9. The predicted molar refractivity (Wildman–Crippen MR) is 128 cm³/mol. The van der Waals surface area contributed by atoms with E-state index in [0.29, 0.717) is 32.7 Å². The van der Waals surface area contributed by atoms with E-state index in [2.05, 4.69) is 30.1 Å². The first-order valence-electron chi connectivity index (χ1n) is 11.4. The Morgan fingerprint density at radius 2 is 1.94 bits per heavy atom. The van der Waals surface area contributed by atoms with Crippen LogP contribution in [-0.4, -0.2) is 50.2 Å². The van der Waals surface area contributed by atoms with Crippen molar-refractivity contribution < 1.29 is 24.1 Å². The Balaban J connectivity index is 1.75. The highest BCUT2D eigenvalue weighted by molar-refractivity contribution is 5.84. The Morgan fingerprint density at radius 3 is 2.61 bits per heavy atom. The molecule has 0 aliphatic carbocycles. The summed E-state index contributed by atoms with van der Waals surface area (Å²) in [6.07, 6.45) is 1.76. The molecule has 2 aliphatic rings. The molecule has 4 rings (SSSR count). The SMILES string of the molecule is COc1cc(-c2ccc(NC3(C(=O)O)CCOCC3)cc2C#CC2CCOC2)cc(C)c1C. The number of rotatable bonds is 5. The van der Waals surface area contributed by atoms with Gasteiger partial charge in [0.2, 0.25) is 0 Å². The summed E-state index contributed by atoms with van der Waals surface area (Å²) in [5.41, 5.74) is 4.82. The molecule has 0 amide bonds. The minimum absolute atomic E-state index is 0.213. The molecule has 0 aromatic heterocycles. The van der Waals surface area contributed by atoms with Gasteiger partial charge in [-0.1, -0.05) is 24.0 Å². The normalized spacial score (nSPS) is 19.4. The molecular weight excluding hydrogens is 418 g/mol. The summed E-state index contributed by atoms with van der Waals surface area (Å²) in [6.45, 7) is 6.36. The van der Waals surface area contributed by atoms with E-state index in [1.54, 1.807) is 7.11 Å². The van der Waals surface area contributed by atoms with Gasteiger partial charge in [0.15, 0.2) is 0 Å². The van der Waals surface area contributed by atoms with Gasteiger partial charge < -0.3 is 24.6 Å². The van der Waals surface area contributed by atoms with E-state index in [-0.39, 0.29) is 5.92 Å². The van der Waals surface area contributed by atoms with Crippen LogP contribution in [0.5, 0.6) is 5.75 Å². The summed E-state index contributed by atoms with van der Waals surface area (Å²) < 4.78 is 16.5. The van der Waals surface area contributed by atoms with E-state index in [4.69, 9.17) is 14.2 Å². The molecule has 0 spiro atoms. The largest absolute Gasteiger partial charge is 0.496 e. The highest BCUT2D eigenvalue weighted by Gasteiger charge is 2.40. The topological polar surface area (TPSA) is 77.0 Å². The number of ether oxygens (including phenoxy) is 3. The van der Waals surface area contributed by atoms with E-state index >= 15 is 0 Å². The minimum atomic E-state index is -1.03. The number of benzene rings is 2. The maximum absolute atomic E-state index is 12.1. The molecule has 1 unspecified atom stereocenters. The van der Waals surface area contributed by atoms with Gasteiger partial charge in [0.05, 0.1) is 13.7 Å². The third-order valence-corrected chi connectivity index (χ3v) is 6.65. The van der Waals surface area contributed by atoms with Crippen molar-refractivity contribution in [2.45, 2.75) is 38.6 Å². The van der Waals surface area contributed by atoms with Crippen molar-refractivity contribution in [1.29, 1.82) is 0 Å². The summed E-state index contributed by atoms with van der Waals surface area (Å²) in [5, 5.41) is 13.2. The van der Waals surface area contributed by atoms with Crippen LogP contribution < -0.4 is 10.1 Å². The monoisotopic (exact) mass is 449 g/mol. The maximum Gasteiger partial charge on any atom is 0.329 e. The van der Waals surface area contributed by atoms with Gasteiger partial charge in [-0.2, -0.15) is 0 Å². The number of carboxylic acids is 1. The molecule has 6 nitrogen and oxygen atoms in total. The molecule has 2 fully saturated rings. The van der Waals surface area contributed by atoms with E-state index < -0.39 is 11.5 Å². The molecule has 2 aromatic rings. The van der Waals surface area contributed by atoms with Crippen LogP contribution in [0.3, 0.4) is 0 Å². The van der Waals surface area contributed by atoms with E-state index in [1.807, 2.05) is 31.2 Å². The van der Waals surface area contributed by atoms with Crippen LogP contribution in [-0.2, 0) is 14.3 Å². The zero-order valence-corrected chi connectivity index (χ0v) is 19.5. The van der Waals surface area contributed by atoms with Gasteiger partial charge in [0.25, 0.3) is 0 Å². The number of methoxy groups -OCH3 is 1. The molecule has 1 atom stereocenters. The lowest BCUT2D eigenvalue weighted by atomic mass is 9.89. The van der Waals surface area contributed by atoms with E-state index in [1.165, 1.54) is 0 Å². The number of carbonyl (C=O) groups is 1. The van der Waals surface area contributed by atoms with Crippen LogP contribution in [0.25, 0.3) is 11.1 Å². The van der Waals surface area contributed by atoms with Crippen molar-refractivity contribution in [3.05, 3.63) is 47.0 Å². The highest BCUT2D eigenvalue weighted by atomic mass is 16.5. The van der Waals surface area contributed by atoms with E-state index in [9.17, 15) is 9.90 Å². The first-order valence-corrected chi connectivity index (χ1v) is 11.4. The van der Waals surface area contributed by atoms with Gasteiger partial charge in [0.1, 0.15) is 11.3 Å². The fourth-order valence-electron chi connectivity index (χ4n) is 4.39.